The first-order chi connectivity index (χ1) is 20.2. The molecule has 0 unspecified atom stereocenters. The van der Waals surface area contributed by atoms with Crippen molar-refractivity contribution in [2.75, 3.05) is 39.4 Å². The number of benzene rings is 4. The molecule has 1 saturated heterocycles. The zero-order chi connectivity index (χ0) is 28.3. The number of nitrogens with zero attached hydrogens (tertiary/aromatic N) is 2. The van der Waals surface area contributed by atoms with E-state index in [1.807, 2.05) is 94.7 Å². The van der Waals surface area contributed by atoms with Gasteiger partial charge in [-0.2, -0.15) is 0 Å². The summed E-state index contributed by atoms with van der Waals surface area (Å²) in [4.78, 5) is 30.8. The molecule has 0 spiro atoms. The Hall–Kier alpha value is -4.58. The Morgan fingerprint density at radius 1 is 0.512 bits per heavy atom. The fraction of sp³-hybridized carbons (Fsp3) is 0.257. The van der Waals surface area contributed by atoms with E-state index in [4.69, 9.17) is 9.47 Å². The second-order valence-corrected chi connectivity index (χ2v) is 10.1. The Morgan fingerprint density at radius 3 is 1.34 bits per heavy atom. The van der Waals surface area contributed by atoms with Crippen LogP contribution in [-0.4, -0.2) is 61.0 Å². The van der Waals surface area contributed by atoms with Crippen molar-refractivity contribution in [1.29, 1.82) is 0 Å². The third-order valence-corrected chi connectivity index (χ3v) is 7.29. The molecule has 0 radical (unpaired) electrons. The fourth-order valence-electron chi connectivity index (χ4n) is 5.05. The van der Waals surface area contributed by atoms with E-state index in [1.54, 1.807) is 0 Å². The van der Waals surface area contributed by atoms with Gasteiger partial charge in [-0.1, -0.05) is 84.9 Å². The minimum absolute atomic E-state index is 0.0701. The summed E-state index contributed by atoms with van der Waals surface area (Å²) < 4.78 is 12.1. The van der Waals surface area contributed by atoms with E-state index in [1.165, 1.54) is 11.1 Å². The summed E-state index contributed by atoms with van der Waals surface area (Å²) >= 11 is 0. The van der Waals surface area contributed by atoms with Crippen molar-refractivity contribution in [2.24, 2.45) is 0 Å². The normalized spacial score (nSPS) is 13.4. The van der Waals surface area contributed by atoms with Gasteiger partial charge in [-0.05, 0) is 41.8 Å². The Morgan fingerprint density at radius 2 is 0.902 bits per heavy atom. The minimum atomic E-state index is -0.0701. The van der Waals surface area contributed by atoms with E-state index in [0.29, 0.717) is 68.4 Å². The van der Waals surface area contributed by atoms with E-state index in [9.17, 15) is 9.59 Å². The van der Waals surface area contributed by atoms with Crippen LogP contribution in [0.4, 0.5) is 0 Å². The molecular formula is C35H36N2O4. The first kappa shape index (κ1) is 28.0. The largest absolute Gasteiger partial charge is 0.492 e. The predicted octanol–water partition coefficient (Wildman–Crippen LogP) is 5.92. The highest BCUT2D eigenvalue weighted by atomic mass is 16.5. The Labute approximate surface area is 242 Å². The van der Waals surface area contributed by atoms with Gasteiger partial charge in [0, 0.05) is 39.0 Å². The Bertz CT molecular complexity index is 1320. The van der Waals surface area contributed by atoms with Gasteiger partial charge in [0.25, 0.3) is 11.8 Å². The van der Waals surface area contributed by atoms with Crippen LogP contribution in [0.15, 0.2) is 109 Å². The number of para-hydroxylation sites is 2. The SMILES string of the molecule is O=C(c1ccccc1OCCc1ccccc1)N1CCCN(C(=O)c2ccccc2OCCc2ccccc2)CC1. The first-order valence-corrected chi connectivity index (χ1v) is 14.3. The molecule has 4 aromatic rings. The van der Waals surface area contributed by atoms with Crippen molar-refractivity contribution in [3.05, 3.63) is 131 Å². The molecule has 0 N–H and O–H groups in total. The molecule has 41 heavy (non-hydrogen) atoms. The molecule has 0 saturated carbocycles. The maximum absolute atomic E-state index is 13.6. The molecular weight excluding hydrogens is 512 g/mol. The summed E-state index contributed by atoms with van der Waals surface area (Å²) in [6.07, 6.45) is 2.23. The smallest absolute Gasteiger partial charge is 0.257 e. The second-order valence-electron chi connectivity index (χ2n) is 10.1. The quantitative estimate of drug-likeness (QED) is 0.247. The molecule has 6 nitrogen and oxygen atoms in total. The molecule has 2 amide bonds. The fourth-order valence-corrected chi connectivity index (χ4v) is 5.05. The molecule has 1 heterocycles. The molecule has 0 atom stereocenters. The maximum atomic E-state index is 13.6. The van der Waals surface area contributed by atoms with Gasteiger partial charge >= 0.3 is 0 Å². The molecule has 0 aliphatic carbocycles. The zero-order valence-corrected chi connectivity index (χ0v) is 23.3. The molecule has 1 aliphatic heterocycles. The van der Waals surface area contributed by atoms with Gasteiger partial charge in [0.1, 0.15) is 11.5 Å². The van der Waals surface area contributed by atoms with E-state index < -0.39 is 0 Å². The minimum Gasteiger partial charge on any atom is -0.492 e. The van der Waals surface area contributed by atoms with E-state index in [0.717, 1.165) is 12.8 Å². The van der Waals surface area contributed by atoms with Gasteiger partial charge in [-0.15, -0.1) is 0 Å². The van der Waals surface area contributed by atoms with Gasteiger partial charge in [0.05, 0.1) is 24.3 Å². The van der Waals surface area contributed by atoms with Crippen molar-refractivity contribution < 1.29 is 19.1 Å². The number of ether oxygens (including phenoxy) is 2. The van der Waals surface area contributed by atoms with Gasteiger partial charge in [0.2, 0.25) is 0 Å². The topological polar surface area (TPSA) is 59.1 Å². The summed E-state index contributed by atoms with van der Waals surface area (Å²) in [6.45, 7) is 3.05. The van der Waals surface area contributed by atoms with Gasteiger partial charge in [-0.25, -0.2) is 0 Å². The summed E-state index contributed by atoms with van der Waals surface area (Å²) in [5, 5.41) is 0. The lowest BCUT2D eigenvalue weighted by Crippen LogP contribution is -2.37. The number of amides is 2. The van der Waals surface area contributed by atoms with E-state index in [2.05, 4.69) is 24.3 Å². The number of carbonyl (C=O) groups excluding carboxylic acids is 2. The second kappa shape index (κ2) is 14.2. The van der Waals surface area contributed by atoms with Crippen LogP contribution >= 0.6 is 0 Å². The molecule has 1 aliphatic rings. The number of rotatable bonds is 10. The van der Waals surface area contributed by atoms with Crippen LogP contribution in [0.1, 0.15) is 38.3 Å². The van der Waals surface area contributed by atoms with Crippen LogP contribution in [0.25, 0.3) is 0 Å². The van der Waals surface area contributed by atoms with Crippen LogP contribution in [-0.2, 0) is 12.8 Å². The van der Waals surface area contributed by atoms with Gasteiger partial charge in [0.15, 0.2) is 0 Å². The van der Waals surface area contributed by atoms with Crippen LogP contribution < -0.4 is 9.47 Å². The zero-order valence-electron chi connectivity index (χ0n) is 23.3. The van der Waals surface area contributed by atoms with Crippen molar-refractivity contribution in [3.8, 4) is 11.5 Å². The highest BCUT2D eigenvalue weighted by molar-refractivity contribution is 5.98. The number of carbonyl (C=O) groups is 2. The van der Waals surface area contributed by atoms with Crippen molar-refractivity contribution >= 4 is 11.8 Å². The van der Waals surface area contributed by atoms with Gasteiger partial charge in [-0.3, -0.25) is 9.59 Å². The van der Waals surface area contributed by atoms with Crippen molar-refractivity contribution in [2.45, 2.75) is 19.3 Å². The summed E-state index contributed by atoms with van der Waals surface area (Å²) in [5.74, 6) is 1.04. The molecule has 0 aromatic heterocycles. The molecule has 210 valence electrons. The lowest BCUT2D eigenvalue weighted by molar-refractivity contribution is 0.0714. The average Bonchev–Trinajstić information content (AvgIpc) is 3.29. The average molecular weight is 549 g/mol. The predicted molar refractivity (Wildman–Crippen MR) is 161 cm³/mol. The number of hydrogen-bond acceptors (Lipinski definition) is 4. The number of hydrogen-bond donors (Lipinski definition) is 0. The molecule has 6 heteroatoms. The molecule has 4 aromatic carbocycles. The first-order valence-electron chi connectivity index (χ1n) is 14.3. The Balaban J connectivity index is 1.18. The summed E-state index contributed by atoms with van der Waals surface area (Å²) in [5.41, 5.74) is 3.49. The summed E-state index contributed by atoms with van der Waals surface area (Å²) in [6, 6.07) is 35.1. The highest BCUT2D eigenvalue weighted by Gasteiger charge is 2.26. The molecule has 0 bridgehead atoms. The van der Waals surface area contributed by atoms with Gasteiger partial charge < -0.3 is 19.3 Å². The van der Waals surface area contributed by atoms with Crippen molar-refractivity contribution in [1.82, 2.24) is 9.80 Å². The molecule has 5 rings (SSSR count). The lowest BCUT2D eigenvalue weighted by Gasteiger charge is -2.24. The monoisotopic (exact) mass is 548 g/mol. The van der Waals surface area contributed by atoms with E-state index >= 15 is 0 Å². The highest BCUT2D eigenvalue weighted by Crippen LogP contribution is 2.24. The van der Waals surface area contributed by atoms with Crippen LogP contribution in [0, 0.1) is 0 Å². The van der Waals surface area contributed by atoms with E-state index in [-0.39, 0.29) is 11.8 Å². The Kier molecular flexibility index (Phi) is 9.67. The maximum Gasteiger partial charge on any atom is 0.257 e. The van der Waals surface area contributed by atoms with Crippen LogP contribution in [0.3, 0.4) is 0 Å². The standard InChI is InChI=1S/C35H36N2O4/c38-34(30-16-7-9-18-32(30)40-26-20-28-12-3-1-4-13-28)36-22-11-23-37(25-24-36)35(39)31-17-8-10-19-33(31)41-27-21-29-14-5-2-6-15-29/h1-10,12-19H,11,20-27H2. The van der Waals surface area contributed by atoms with Crippen molar-refractivity contribution in [3.63, 3.8) is 0 Å². The molecule has 1 fully saturated rings. The summed E-state index contributed by atoms with van der Waals surface area (Å²) in [7, 11) is 0. The lowest BCUT2D eigenvalue weighted by atomic mass is 10.1. The third kappa shape index (κ3) is 7.54. The third-order valence-electron chi connectivity index (χ3n) is 7.29. The van der Waals surface area contributed by atoms with Crippen LogP contribution in [0.2, 0.25) is 0 Å². The van der Waals surface area contributed by atoms with Crippen LogP contribution in [0.5, 0.6) is 11.5 Å².